The van der Waals surface area contributed by atoms with Crippen molar-refractivity contribution in [3.05, 3.63) is 249 Å². The fraction of sp³-hybridized carbons (Fsp3) is 0. The molecule has 0 amide bonds. The number of hydrogen-bond acceptors (Lipinski definition) is 2. The molecule has 0 unspecified atom stereocenters. The Kier molecular flexibility index (Phi) is 9.57. The van der Waals surface area contributed by atoms with Gasteiger partial charge in [-0.15, -0.1) is 0 Å². The van der Waals surface area contributed by atoms with Crippen molar-refractivity contribution in [3.8, 4) is 66.8 Å². The molecule has 0 aliphatic carbocycles. The first-order valence-corrected chi connectivity index (χ1v) is 21.1. The number of hydrogen-bond donors (Lipinski definition) is 0. The predicted molar refractivity (Wildman–Crippen MR) is 261 cm³/mol. The first-order chi connectivity index (χ1) is 30.7. The Morgan fingerprint density at radius 3 is 0.952 bits per heavy atom. The zero-order valence-electron chi connectivity index (χ0n) is 34.0. The quantitative estimate of drug-likeness (QED) is 0.145. The van der Waals surface area contributed by atoms with Crippen molar-refractivity contribution in [2.45, 2.75) is 0 Å². The molecule has 62 heavy (non-hydrogen) atoms. The molecular weight excluding hydrogens is 751 g/mol. The van der Waals surface area contributed by atoms with Crippen LogP contribution in [0.5, 0.6) is 0 Å². The van der Waals surface area contributed by atoms with Crippen molar-refractivity contribution < 1.29 is 4.42 Å². The largest absolute Gasteiger partial charge is 0.456 e. The molecule has 0 radical (unpaired) electrons. The summed E-state index contributed by atoms with van der Waals surface area (Å²) in [7, 11) is 0. The molecule has 0 spiro atoms. The first-order valence-electron chi connectivity index (χ1n) is 21.1. The molecule has 2 heteroatoms. The number of furan rings is 1. The zero-order valence-corrected chi connectivity index (χ0v) is 34.0. The van der Waals surface area contributed by atoms with Crippen LogP contribution >= 0.6 is 0 Å². The van der Waals surface area contributed by atoms with Gasteiger partial charge in [0, 0.05) is 27.8 Å². The molecule has 2 nitrogen and oxygen atoms in total. The topological polar surface area (TPSA) is 16.4 Å². The number of benzene rings is 10. The summed E-state index contributed by atoms with van der Waals surface area (Å²) in [5.41, 5.74) is 19.3. The summed E-state index contributed by atoms with van der Waals surface area (Å²) >= 11 is 0. The molecule has 0 N–H and O–H groups in total. The first kappa shape index (κ1) is 36.8. The van der Waals surface area contributed by atoms with Gasteiger partial charge < -0.3 is 9.32 Å². The van der Waals surface area contributed by atoms with Crippen LogP contribution in [0.2, 0.25) is 0 Å². The number of nitrogens with zero attached hydrogens (tertiary/aromatic N) is 1. The summed E-state index contributed by atoms with van der Waals surface area (Å²) in [6.07, 6.45) is 0. The predicted octanol–water partition coefficient (Wildman–Crippen LogP) is 17.1. The van der Waals surface area contributed by atoms with Gasteiger partial charge in [0.25, 0.3) is 0 Å². The highest BCUT2D eigenvalue weighted by Gasteiger charge is 2.15. The third-order valence-corrected chi connectivity index (χ3v) is 11.9. The zero-order chi connectivity index (χ0) is 41.2. The van der Waals surface area contributed by atoms with Crippen LogP contribution in [0, 0.1) is 0 Å². The lowest BCUT2D eigenvalue weighted by atomic mass is 9.96. The number of fused-ring (bicyclic) bond motifs is 3. The van der Waals surface area contributed by atoms with E-state index >= 15 is 0 Å². The number of anilines is 3. The van der Waals surface area contributed by atoms with E-state index in [1.807, 2.05) is 12.1 Å². The number of rotatable bonds is 9. The lowest BCUT2D eigenvalue weighted by Crippen LogP contribution is -2.09. The van der Waals surface area contributed by atoms with Gasteiger partial charge in [0.05, 0.1) is 0 Å². The van der Waals surface area contributed by atoms with E-state index in [2.05, 4.69) is 241 Å². The van der Waals surface area contributed by atoms with Crippen LogP contribution in [0.15, 0.2) is 253 Å². The second kappa shape index (κ2) is 16.1. The second-order valence-corrected chi connectivity index (χ2v) is 15.8. The van der Waals surface area contributed by atoms with Gasteiger partial charge in [0.2, 0.25) is 0 Å². The molecular formula is C60H41NO. The van der Waals surface area contributed by atoms with Crippen molar-refractivity contribution >= 4 is 39.0 Å². The van der Waals surface area contributed by atoms with Crippen LogP contribution in [0.25, 0.3) is 88.7 Å². The average Bonchev–Trinajstić information content (AvgIpc) is 3.73. The van der Waals surface area contributed by atoms with Crippen molar-refractivity contribution in [2.24, 2.45) is 0 Å². The van der Waals surface area contributed by atoms with Crippen LogP contribution in [0.1, 0.15) is 0 Å². The van der Waals surface area contributed by atoms with Crippen LogP contribution < -0.4 is 4.90 Å². The van der Waals surface area contributed by atoms with Gasteiger partial charge in [-0.1, -0.05) is 176 Å². The molecule has 11 aromatic rings. The van der Waals surface area contributed by atoms with Gasteiger partial charge in [-0.3, -0.25) is 0 Å². The summed E-state index contributed by atoms with van der Waals surface area (Å²) in [5.74, 6) is 0. The second-order valence-electron chi connectivity index (χ2n) is 15.8. The van der Waals surface area contributed by atoms with Gasteiger partial charge in [0.1, 0.15) is 11.2 Å². The average molecular weight is 792 g/mol. The molecule has 1 aromatic heterocycles. The van der Waals surface area contributed by atoms with Gasteiger partial charge in [-0.25, -0.2) is 0 Å². The van der Waals surface area contributed by atoms with Crippen LogP contribution in [-0.2, 0) is 0 Å². The molecule has 11 rings (SSSR count). The molecule has 292 valence electrons. The molecule has 0 fully saturated rings. The Morgan fingerprint density at radius 2 is 0.516 bits per heavy atom. The highest BCUT2D eigenvalue weighted by molar-refractivity contribution is 6.06. The summed E-state index contributed by atoms with van der Waals surface area (Å²) < 4.78 is 6.13. The normalized spacial score (nSPS) is 11.2. The van der Waals surface area contributed by atoms with E-state index in [9.17, 15) is 0 Å². The Morgan fingerprint density at radius 1 is 0.210 bits per heavy atom. The van der Waals surface area contributed by atoms with Gasteiger partial charge in [-0.2, -0.15) is 0 Å². The van der Waals surface area contributed by atoms with E-state index in [1.54, 1.807) is 0 Å². The molecule has 10 aromatic carbocycles. The molecule has 0 bridgehead atoms. The Hall–Kier alpha value is -8.20. The summed E-state index contributed by atoms with van der Waals surface area (Å²) in [5, 5.41) is 2.26. The van der Waals surface area contributed by atoms with Crippen LogP contribution in [0.3, 0.4) is 0 Å². The van der Waals surface area contributed by atoms with E-state index in [4.69, 9.17) is 4.42 Å². The summed E-state index contributed by atoms with van der Waals surface area (Å²) in [6, 6.07) is 89.1. The van der Waals surface area contributed by atoms with Crippen molar-refractivity contribution in [1.29, 1.82) is 0 Å². The maximum absolute atomic E-state index is 6.13. The minimum absolute atomic E-state index is 0.903. The Balaban J connectivity index is 0.933. The maximum atomic E-state index is 6.13. The maximum Gasteiger partial charge on any atom is 0.135 e. The van der Waals surface area contributed by atoms with E-state index in [0.717, 1.165) is 50.1 Å². The standard InChI is InChI=1S/C60H41NO/c1-3-12-42(13-4-1)47-16-9-18-49(38-47)44-24-31-54(32-25-44)61(56-35-28-46(29-36-56)53-30-37-60-58(41-53)57-22-7-8-23-59(57)62-60)55-33-26-45(27-34-55)50-19-11-21-52(40-50)51-20-10-17-48(39-51)43-14-5-2-6-15-43/h1-41H. The fourth-order valence-electron chi connectivity index (χ4n) is 8.66. The van der Waals surface area contributed by atoms with Crippen LogP contribution in [0.4, 0.5) is 17.1 Å². The minimum atomic E-state index is 0.903. The lowest BCUT2D eigenvalue weighted by Gasteiger charge is -2.26. The molecule has 0 saturated carbocycles. The molecule has 1 heterocycles. The number of para-hydroxylation sites is 1. The van der Waals surface area contributed by atoms with E-state index in [0.29, 0.717) is 0 Å². The molecule has 0 atom stereocenters. The van der Waals surface area contributed by atoms with E-state index in [1.165, 1.54) is 55.6 Å². The third-order valence-electron chi connectivity index (χ3n) is 11.9. The van der Waals surface area contributed by atoms with Crippen molar-refractivity contribution in [1.82, 2.24) is 0 Å². The summed E-state index contributed by atoms with van der Waals surface area (Å²) in [6.45, 7) is 0. The van der Waals surface area contributed by atoms with Gasteiger partial charge in [-0.05, 0) is 140 Å². The van der Waals surface area contributed by atoms with E-state index < -0.39 is 0 Å². The Bertz CT molecular complexity index is 3310. The minimum Gasteiger partial charge on any atom is -0.456 e. The van der Waals surface area contributed by atoms with Crippen LogP contribution in [-0.4, -0.2) is 0 Å². The fourth-order valence-corrected chi connectivity index (χ4v) is 8.66. The van der Waals surface area contributed by atoms with Gasteiger partial charge >= 0.3 is 0 Å². The lowest BCUT2D eigenvalue weighted by molar-refractivity contribution is 0.669. The highest BCUT2D eigenvalue weighted by atomic mass is 16.3. The SMILES string of the molecule is c1ccc(-c2cccc(-c3ccc(N(c4ccc(-c5cccc(-c6cccc(-c7ccccc7)c6)c5)cc4)c4ccc(-c5ccc6oc7ccccc7c6c5)cc4)cc3)c2)cc1. The monoisotopic (exact) mass is 791 g/mol. The summed E-state index contributed by atoms with van der Waals surface area (Å²) in [4.78, 5) is 2.34. The smallest absolute Gasteiger partial charge is 0.135 e. The molecule has 0 aliphatic heterocycles. The van der Waals surface area contributed by atoms with Gasteiger partial charge in [0.15, 0.2) is 0 Å². The van der Waals surface area contributed by atoms with E-state index in [-0.39, 0.29) is 0 Å². The molecule has 0 saturated heterocycles. The van der Waals surface area contributed by atoms with Crippen molar-refractivity contribution in [2.75, 3.05) is 4.90 Å². The Labute approximate surface area is 362 Å². The third kappa shape index (κ3) is 7.25. The van der Waals surface area contributed by atoms with Crippen molar-refractivity contribution in [3.63, 3.8) is 0 Å². The highest BCUT2D eigenvalue weighted by Crippen LogP contribution is 2.40. The molecule has 0 aliphatic rings.